The smallest absolute Gasteiger partial charge is 0.407 e. The number of carbonyl (C=O) groups excluding carboxylic acids is 4. The fourth-order valence-corrected chi connectivity index (χ4v) is 6.37. The molecule has 4 amide bonds. The van der Waals surface area contributed by atoms with Crippen LogP contribution in [0.15, 0.2) is 120 Å². The van der Waals surface area contributed by atoms with Gasteiger partial charge in [0.25, 0.3) is 0 Å². The Kier molecular flexibility index (Phi) is 16.7. The number of nitrogens with one attached hydrogen (secondary N) is 4. The molecule has 0 atom stereocenters. The summed E-state index contributed by atoms with van der Waals surface area (Å²) in [7, 11) is 0. The van der Waals surface area contributed by atoms with Gasteiger partial charge in [-0.3, -0.25) is 0 Å². The van der Waals surface area contributed by atoms with Gasteiger partial charge in [0.15, 0.2) is 0 Å². The van der Waals surface area contributed by atoms with Crippen LogP contribution in [0.2, 0.25) is 0 Å². The molecule has 0 aliphatic rings. The number of nitrogens with zero attached hydrogens (tertiary/aromatic N) is 3. The number of benzene rings is 5. The van der Waals surface area contributed by atoms with Crippen molar-refractivity contribution < 1.29 is 38.1 Å². The predicted molar refractivity (Wildman–Crippen MR) is 243 cm³/mol. The second kappa shape index (κ2) is 22.5. The van der Waals surface area contributed by atoms with Gasteiger partial charge < -0.3 is 40.2 Å². The van der Waals surface area contributed by atoms with E-state index in [1.165, 1.54) is 0 Å². The van der Waals surface area contributed by atoms with Gasteiger partial charge in [0.2, 0.25) is 0 Å². The lowest BCUT2D eigenvalue weighted by Crippen LogP contribution is -2.32. The molecule has 0 aromatic heterocycles. The molecule has 4 N–H and O–H groups in total. The maximum absolute atomic E-state index is 12.8. The van der Waals surface area contributed by atoms with Crippen molar-refractivity contribution in [2.45, 2.75) is 98.7 Å². The number of azide groups is 1. The fourth-order valence-electron chi connectivity index (χ4n) is 6.37. The van der Waals surface area contributed by atoms with Gasteiger partial charge in [0.05, 0.1) is 6.54 Å². The molecule has 5 aromatic carbocycles. The van der Waals surface area contributed by atoms with Crippen molar-refractivity contribution in [2.24, 2.45) is 5.11 Å². The van der Waals surface area contributed by atoms with Gasteiger partial charge >= 0.3 is 24.4 Å². The van der Waals surface area contributed by atoms with Crippen LogP contribution < -0.4 is 21.3 Å². The Morgan fingerprint density at radius 3 is 1.14 bits per heavy atom. The number of hydrogen-bond acceptors (Lipinski definition) is 9. The highest BCUT2D eigenvalue weighted by atomic mass is 16.6. The van der Waals surface area contributed by atoms with E-state index in [9.17, 15) is 24.7 Å². The molecule has 64 heavy (non-hydrogen) atoms. The zero-order chi connectivity index (χ0) is 46.1. The maximum atomic E-state index is 12.8. The average molecular weight is 870 g/mol. The van der Waals surface area contributed by atoms with Crippen molar-refractivity contribution in [3.05, 3.63) is 165 Å². The number of hydrogen-bond donors (Lipinski definition) is 4. The van der Waals surface area contributed by atoms with Crippen molar-refractivity contribution in [2.75, 3.05) is 0 Å². The Labute approximate surface area is 373 Å². The van der Waals surface area contributed by atoms with Crippen LogP contribution >= 0.6 is 0 Å². The molecule has 0 spiro atoms. The lowest BCUT2D eigenvalue weighted by atomic mass is 9.92. The fraction of sp³-hybridized carbons (Fsp3) is 0.306. The van der Waals surface area contributed by atoms with Gasteiger partial charge in [0, 0.05) is 31.1 Å². The average Bonchev–Trinajstić information content (AvgIpc) is 3.26. The van der Waals surface area contributed by atoms with E-state index in [2.05, 4.69) is 31.3 Å². The van der Waals surface area contributed by atoms with E-state index in [-0.39, 0.29) is 45.9 Å². The molecule has 0 fully saturated rings. The molecule has 0 heterocycles. The van der Waals surface area contributed by atoms with Gasteiger partial charge in [-0.15, -0.1) is 0 Å². The lowest BCUT2D eigenvalue weighted by Gasteiger charge is -2.20. The van der Waals surface area contributed by atoms with E-state index in [4.69, 9.17) is 18.9 Å². The van der Waals surface area contributed by atoms with Gasteiger partial charge in [-0.05, 0) is 139 Å². The van der Waals surface area contributed by atoms with Crippen LogP contribution in [0.5, 0.6) is 0 Å². The zero-order valence-corrected chi connectivity index (χ0v) is 37.0. The number of amides is 4. The van der Waals surface area contributed by atoms with Crippen LogP contribution in [0.4, 0.5) is 19.2 Å². The van der Waals surface area contributed by atoms with Gasteiger partial charge in [-0.25, -0.2) is 19.2 Å². The normalized spacial score (nSPS) is 11.0. The molecule has 0 bridgehead atoms. The number of alkyl carbamates (subject to hydrolysis) is 4. The molecule has 0 saturated heterocycles. The van der Waals surface area contributed by atoms with Gasteiger partial charge in [-0.1, -0.05) is 90.0 Å². The Morgan fingerprint density at radius 1 is 0.469 bits per heavy atom. The van der Waals surface area contributed by atoms with E-state index < -0.39 is 35.6 Å². The quantitative estimate of drug-likeness (QED) is 0.0324. The minimum absolute atomic E-state index is 0.0421. The SMILES string of the molecule is CC(C)(C)OC(=O)NCc1cc(CNC(=O)OC(C)(C)C)cc(-c2cc(CN=[N+]=[N-])cc(-c3cc(CNC(=O)OCc4ccccc4)cc(CNC(=O)OCc4ccccc4)c3)c2)c1. The van der Waals surface area contributed by atoms with Crippen molar-refractivity contribution in [1.29, 1.82) is 0 Å². The van der Waals surface area contributed by atoms with E-state index in [0.717, 1.165) is 55.6 Å². The monoisotopic (exact) mass is 869 g/mol. The number of carbonyl (C=O) groups is 4. The first-order chi connectivity index (χ1) is 30.5. The summed E-state index contributed by atoms with van der Waals surface area (Å²) in [5.74, 6) is 0. The Hall–Kier alpha value is -7.51. The Morgan fingerprint density at radius 2 is 0.797 bits per heavy atom. The summed E-state index contributed by atoms with van der Waals surface area (Å²) in [5, 5.41) is 15.1. The minimum Gasteiger partial charge on any atom is -0.445 e. The summed E-state index contributed by atoms with van der Waals surface area (Å²) < 4.78 is 21.8. The summed E-state index contributed by atoms with van der Waals surface area (Å²) in [4.78, 5) is 54.0. The lowest BCUT2D eigenvalue weighted by molar-refractivity contribution is 0.0513. The number of ether oxygens (including phenoxy) is 4. The van der Waals surface area contributed by atoms with Gasteiger partial charge in [-0.2, -0.15) is 0 Å². The van der Waals surface area contributed by atoms with Crippen LogP contribution in [0.1, 0.15) is 80.5 Å². The highest BCUT2D eigenvalue weighted by molar-refractivity contribution is 5.77. The topological polar surface area (TPSA) is 202 Å². The third kappa shape index (κ3) is 16.7. The molecule has 15 heteroatoms. The first kappa shape index (κ1) is 47.5. The van der Waals surface area contributed by atoms with Crippen LogP contribution in [0.25, 0.3) is 32.7 Å². The van der Waals surface area contributed by atoms with E-state index in [1.54, 1.807) is 41.5 Å². The highest BCUT2D eigenvalue weighted by Crippen LogP contribution is 2.32. The zero-order valence-electron chi connectivity index (χ0n) is 37.0. The molecule has 0 radical (unpaired) electrons. The third-order valence-corrected chi connectivity index (χ3v) is 9.05. The standard InChI is InChI=1S/C49H55N7O8/c1-48(2,3)63-46(59)53-28-37-18-38(29-54-47(60)64-49(4,5)6)22-41(21-37)43-24-39(30-55-56-50)23-42(25-43)40-19-35(26-51-44(57)61-31-33-13-9-7-10-14-33)17-36(20-40)27-52-45(58)62-32-34-15-11-8-12-16-34/h7-25H,26-32H2,1-6H3,(H,51,57)(H,52,58)(H,53,59)(H,54,60). The summed E-state index contributed by atoms with van der Waals surface area (Å²) in [6.07, 6.45) is -2.37. The first-order valence-electron chi connectivity index (χ1n) is 20.7. The molecular formula is C49H55N7O8. The molecule has 0 aliphatic carbocycles. The van der Waals surface area contributed by atoms with E-state index >= 15 is 0 Å². The molecule has 0 aliphatic heterocycles. The van der Waals surface area contributed by atoms with Crippen LogP contribution in [0, 0.1) is 0 Å². The Bertz CT molecular complexity index is 2310. The molecular weight excluding hydrogens is 815 g/mol. The summed E-state index contributed by atoms with van der Waals surface area (Å²) in [6, 6.07) is 35.9. The van der Waals surface area contributed by atoms with Crippen molar-refractivity contribution >= 4 is 24.4 Å². The third-order valence-electron chi connectivity index (χ3n) is 9.05. The molecule has 0 unspecified atom stereocenters. The summed E-state index contributed by atoms with van der Waals surface area (Å²) in [5.41, 5.74) is 16.2. The van der Waals surface area contributed by atoms with Crippen molar-refractivity contribution in [3.63, 3.8) is 0 Å². The molecule has 5 rings (SSSR count). The van der Waals surface area contributed by atoms with E-state index in [1.807, 2.05) is 115 Å². The van der Waals surface area contributed by atoms with Crippen LogP contribution in [-0.4, -0.2) is 35.6 Å². The van der Waals surface area contributed by atoms with Crippen LogP contribution in [-0.2, 0) is 64.9 Å². The highest BCUT2D eigenvalue weighted by Gasteiger charge is 2.18. The minimum atomic E-state index is -0.697. The first-order valence-corrected chi connectivity index (χ1v) is 20.7. The molecule has 334 valence electrons. The number of rotatable bonds is 16. The largest absolute Gasteiger partial charge is 0.445 e. The van der Waals surface area contributed by atoms with Crippen molar-refractivity contribution in [3.8, 4) is 22.3 Å². The maximum Gasteiger partial charge on any atom is 0.407 e. The molecule has 5 aromatic rings. The van der Waals surface area contributed by atoms with Crippen LogP contribution in [0.3, 0.4) is 0 Å². The van der Waals surface area contributed by atoms with E-state index in [0.29, 0.717) is 5.56 Å². The van der Waals surface area contributed by atoms with Crippen molar-refractivity contribution in [1.82, 2.24) is 21.3 Å². The summed E-state index contributed by atoms with van der Waals surface area (Å²) in [6.45, 7) is 11.4. The second-order valence-corrected chi connectivity index (χ2v) is 16.9. The van der Waals surface area contributed by atoms with Gasteiger partial charge in [0.1, 0.15) is 24.4 Å². The molecule has 15 nitrogen and oxygen atoms in total. The Balaban J connectivity index is 1.49. The summed E-state index contributed by atoms with van der Waals surface area (Å²) >= 11 is 0. The predicted octanol–water partition coefficient (Wildman–Crippen LogP) is 10.7. The molecule has 0 saturated carbocycles. The second-order valence-electron chi connectivity index (χ2n) is 16.9.